The number of phenolic OH excluding ortho intramolecular Hbond substituents is 2. The van der Waals surface area contributed by atoms with Crippen LogP contribution in [0.15, 0.2) is 66.7 Å². The second-order valence-electron chi connectivity index (χ2n) is 7.34. The van der Waals surface area contributed by atoms with E-state index in [4.69, 9.17) is 0 Å². The quantitative estimate of drug-likeness (QED) is 0.478. The molecule has 1 aliphatic carbocycles. The Bertz CT molecular complexity index is 1140. The normalized spacial score (nSPS) is 14.2. The maximum absolute atomic E-state index is 10.7. The van der Waals surface area contributed by atoms with Crippen LogP contribution in [0.3, 0.4) is 0 Å². The first-order valence-corrected chi connectivity index (χ1v) is 9.16. The fourth-order valence-corrected chi connectivity index (χ4v) is 3.92. The van der Waals surface area contributed by atoms with E-state index in [0.717, 1.165) is 39.4 Å². The minimum atomic E-state index is 0.194. The molecular weight excluding hydrogens is 320 g/mol. The van der Waals surface area contributed by atoms with Crippen LogP contribution in [0, 0.1) is 5.92 Å². The summed E-state index contributed by atoms with van der Waals surface area (Å²) in [6.45, 7) is 0. The molecule has 0 atom stereocenters. The number of hydrogen-bond acceptors (Lipinski definition) is 2. The van der Waals surface area contributed by atoms with Crippen molar-refractivity contribution in [2.75, 3.05) is 0 Å². The molecule has 0 radical (unpaired) electrons. The van der Waals surface area contributed by atoms with Crippen LogP contribution in [0.4, 0.5) is 0 Å². The number of rotatable bonds is 3. The maximum atomic E-state index is 10.7. The van der Waals surface area contributed by atoms with Crippen molar-refractivity contribution in [2.24, 2.45) is 5.92 Å². The second kappa shape index (κ2) is 5.77. The summed E-state index contributed by atoms with van der Waals surface area (Å²) in [7, 11) is 0. The van der Waals surface area contributed by atoms with E-state index in [0.29, 0.717) is 5.56 Å². The second-order valence-corrected chi connectivity index (χ2v) is 7.34. The average Bonchev–Trinajstić information content (AvgIpc) is 3.47. The van der Waals surface area contributed by atoms with Crippen LogP contribution in [0.25, 0.3) is 32.7 Å². The van der Waals surface area contributed by atoms with Gasteiger partial charge in [0.1, 0.15) is 11.5 Å². The minimum Gasteiger partial charge on any atom is -0.507 e. The molecular formula is C24H20O2. The Labute approximate surface area is 152 Å². The largest absolute Gasteiger partial charge is 0.507 e. The van der Waals surface area contributed by atoms with Crippen LogP contribution in [-0.2, 0) is 6.42 Å². The fraction of sp³-hybridized carbons (Fsp3) is 0.167. The summed E-state index contributed by atoms with van der Waals surface area (Å²) in [5.41, 5.74) is 2.72. The molecule has 0 bridgehead atoms. The molecule has 0 unspecified atom stereocenters. The van der Waals surface area contributed by atoms with Gasteiger partial charge in [-0.05, 0) is 64.4 Å². The lowest BCUT2D eigenvalue weighted by atomic mass is 9.91. The highest BCUT2D eigenvalue weighted by molar-refractivity contribution is 6.09. The molecule has 0 heterocycles. The smallest absolute Gasteiger partial charge is 0.124 e. The van der Waals surface area contributed by atoms with Crippen molar-refractivity contribution >= 4 is 21.5 Å². The Morgan fingerprint density at radius 1 is 0.692 bits per heavy atom. The van der Waals surface area contributed by atoms with Gasteiger partial charge in [0.05, 0.1) is 0 Å². The van der Waals surface area contributed by atoms with Gasteiger partial charge in [0, 0.05) is 11.1 Å². The molecule has 1 aliphatic rings. The van der Waals surface area contributed by atoms with E-state index in [2.05, 4.69) is 18.2 Å². The molecule has 1 saturated carbocycles. The topological polar surface area (TPSA) is 40.5 Å². The molecule has 5 rings (SSSR count). The van der Waals surface area contributed by atoms with E-state index in [1.807, 2.05) is 36.4 Å². The Balaban J connectivity index is 1.83. The number of benzene rings is 4. The van der Waals surface area contributed by atoms with Crippen molar-refractivity contribution in [2.45, 2.75) is 19.3 Å². The predicted molar refractivity (Wildman–Crippen MR) is 107 cm³/mol. The zero-order valence-electron chi connectivity index (χ0n) is 14.4. The maximum Gasteiger partial charge on any atom is 0.124 e. The van der Waals surface area contributed by atoms with Crippen LogP contribution in [0.1, 0.15) is 18.4 Å². The molecule has 4 aromatic rings. The Morgan fingerprint density at radius 2 is 1.31 bits per heavy atom. The SMILES string of the molecule is Oc1ccc2ccccc2c1-c1c(O)ccc2ccc(CC3CC3)cc12. The molecule has 2 N–H and O–H groups in total. The number of hydrogen-bond donors (Lipinski definition) is 2. The monoisotopic (exact) mass is 340 g/mol. The third-order valence-corrected chi connectivity index (χ3v) is 5.44. The highest BCUT2D eigenvalue weighted by Gasteiger charge is 2.22. The number of fused-ring (bicyclic) bond motifs is 2. The zero-order chi connectivity index (χ0) is 17.7. The number of phenols is 2. The molecule has 0 aromatic heterocycles. The van der Waals surface area contributed by atoms with Gasteiger partial charge in [-0.15, -0.1) is 0 Å². The summed E-state index contributed by atoms with van der Waals surface area (Å²) >= 11 is 0. The van der Waals surface area contributed by atoms with E-state index >= 15 is 0 Å². The van der Waals surface area contributed by atoms with E-state index < -0.39 is 0 Å². The summed E-state index contributed by atoms with van der Waals surface area (Å²) in [6, 6.07) is 21.8. The van der Waals surface area contributed by atoms with Crippen molar-refractivity contribution < 1.29 is 10.2 Å². The summed E-state index contributed by atoms with van der Waals surface area (Å²) in [5.74, 6) is 1.20. The Kier molecular flexibility index (Phi) is 3.39. The summed E-state index contributed by atoms with van der Waals surface area (Å²) in [6.07, 6.45) is 3.72. The fourth-order valence-electron chi connectivity index (χ4n) is 3.92. The minimum absolute atomic E-state index is 0.194. The molecule has 128 valence electrons. The van der Waals surface area contributed by atoms with Gasteiger partial charge in [0.15, 0.2) is 0 Å². The van der Waals surface area contributed by atoms with Crippen molar-refractivity contribution in [3.8, 4) is 22.6 Å². The van der Waals surface area contributed by atoms with Gasteiger partial charge in [-0.2, -0.15) is 0 Å². The molecule has 2 heteroatoms. The van der Waals surface area contributed by atoms with Crippen LogP contribution in [-0.4, -0.2) is 10.2 Å². The van der Waals surface area contributed by atoms with Gasteiger partial charge < -0.3 is 10.2 Å². The van der Waals surface area contributed by atoms with Crippen molar-refractivity contribution in [3.63, 3.8) is 0 Å². The Morgan fingerprint density at radius 3 is 2.04 bits per heavy atom. The molecule has 4 aromatic carbocycles. The molecule has 0 saturated heterocycles. The molecule has 1 fully saturated rings. The van der Waals surface area contributed by atoms with Gasteiger partial charge in [0.2, 0.25) is 0 Å². The molecule has 0 aliphatic heterocycles. The van der Waals surface area contributed by atoms with Crippen LogP contribution in [0.2, 0.25) is 0 Å². The third-order valence-electron chi connectivity index (χ3n) is 5.44. The highest BCUT2D eigenvalue weighted by Crippen LogP contribution is 2.45. The standard InChI is InChI=1S/C24H20O2/c25-21-11-9-17-3-1-2-4-19(17)23(21)24-20-14-16(13-15-5-6-15)7-8-18(20)10-12-22(24)26/h1-4,7-12,14-15,25-26H,5-6,13H2. The highest BCUT2D eigenvalue weighted by atomic mass is 16.3. The first-order valence-electron chi connectivity index (χ1n) is 9.16. The third kappa shape index (κ3) is 2.50. The summed E-state index contributed by atoms with van der Waals surface area (Å²) in [5, 5.41) is 25.4. The van der Waals surface area contributed by atoms with E-state index in [9.17, 15) is 10.2 Å². The lowest BCUT2D eigenvalue weighted by Gasteiger charge is -2.15. The first kappa shape index (κ1) is 15.3. The van der Waals surface area contributed by atoms with E-state index in [1.165, 1.54) is 18.4 Å². The molecule has 26 heavy (non-hydrogen) atoms. The summed E-state index contributed by atoms with van der Waals surface area (Å²) in [4.78, 5) is 0. The molecule has 2 nitrogen and oxygen atoms in total. The van der Waals surface area contributed by atoms with Gasteiger partial charge in [-0.3, -0.25) is 0 Å². The Hall–Kier alpha value is -3.00. The van der Waals surface area contributed by atoms with Crippen LogP contribution in [0.5, 0.6) is 11.5 Å². The lowest BCUT2D eigenvalue weighted by Crippen LogP contribution is -1.90. The summed E-state index contributed by atoms with van der Waals surface area (Å²) < 4.78 is 0. The number of aromatic hydroxyl groups is 2. The van der Waals surface area contributed by atoms with Gasteiger partial charge in [0.25, 0.3) is 0 Å². The molecule has 0 spiro atoms. The van der Waals surface area contributed by atoms with Crippen LogP contribution < -0.4 is 0 Å². The van der Waals surface area contributed by atoms with Gasteiger partial charge >= 0.3 is 0 Å². The predicted octanol–water partition coefficient (Wildman–Crippen LogP) is 6.02. The average molecular weight is 340 g/mol. The first-order chi connectivity index (χ1) is 12.7. The van der Waals surface area contributed by atoms with Crippen molar-refractivity contribution in [3.05, 3.63) is 72.3 Å². The van der Waals surface area contributed by atoms with Gasteiger partial charge in [-0.1, -0.05) is 54.6 Å². The lowest BCUT2D eigenvalue weighted by molar-refractivity contribution is 0.470. The van der Waals surface area contributed by atoms with Gasteiger partial charge in [-0.25, -0.2) is 0 Å². The van der Waals surface area contributed by atoms with Crippen LogP contribution >= 0.6 is 0 Å². The molecule has 0 amide bonds. The van der Waals surface area contributed by atoms with E-state index in [1.54, 1.807) is 12.1 Å². The van der Waals surface area contributed by atoms with E-state index in [-0.39, 0.29) is 11.5 Å². The van der Waals surface area contributed by atoms with Crippen molar-refractivity contribution in [1.29, 1.82) is 0 Å². The zero-order valence-corrected chi connectivity index (χ0v) is 14.4. The van der Waals surface area contributed by atoms with Crippen molar-refractivity contribution in [1.82, 2.24) is 0 Å².